The summed E-state index contributed by atoms with van der Waals surface area (Å²) in [7, 11) is 0. The van der Waals surface area contributed by atoms with Crippen molar-refractivity contribution in [1.82, 2.24) is 0 Å². The van der Waals surface area contributed by atoms with E-state index in [1.165, 1.54) is 49.7 Å². The van der Waals surface area contributed by atoms with Gasteiger partial charge in [0.1, 0.15) is 0 Å². The van der Waals surface area contributed by atoms with Crippen LogP contribution in [0.3, 0.4) is 0 Å². The van der Waals surface area contributed by atoms with E-state index in [4.69, 9.17) is 5.73 Å². The SMILES string of the molecule is NC1(c2cccc(C3CCCC3)c2)CC1. The van der Waals surface area contributed by atoms with Gasteiger partial charge in [-0.15, -0.1) is 0 Å². The van der Waals surface area contributed by atoms with Gasteiger partial charge in [-0.25, -0.2) is 0 Å². The summed E-state index contributed by atoms with van der Waals surface area (Å²) in [6.45, 7) is 0. The van der Waals surface area contributed by atoms with Crippen molar-refractivity contribution in [2.24, 2.45) is 5.73 Å². The molecule has 0 radical (unpaired) electrons. The van der Waals surface area contributed by atoms with Crippen LogP contribution >= 0.6 is 0 Å². The van der Waals surface area contributed by atoms with Gasteiger partial charge in [0.2, 0.25) is 0 Å². The molecule has 0 heterocycles. The second-order valence-corrected chi connectivity index (χ2v) is 5.26. The van der Waals surface area contributed by atoms with E-state index >= 15 is 0 Å². The first-order valence-electron chi connectivity index (χ1n) is 6.17. The fraction of sp³-hybridized carbons (Fsp3) is 0.571. The second-order valence-electron chi connectivity index (χ2n) is 5.26. The Bertz CT molecular complexity index is 359. The van der Waals surface area contributed by atoms with Crippen molar-refractivity contribution in [3.63, 3.8) is 0 Å². The molecule has 2 N–H and O–H groups in total. The number of rotatable bonds is 2. The maximum Gasteiger partial charge on any atom is 0.0411 e. The molecule has 0 amide bonds. The highest BCUT2D eigenvalue weighted by Crippen LogP contribution is 2.44. The first kappa shape index (κ1) is 9.41. The van der Waals surface area contributed by atoms with Crippen molar-refractivity contribution in [2.45, 2.75) is 50.0 Å². The molecule has 2 aliphatic carbocycles. The number of hydrogen-bond acceptors (Lipinski definition) is 1. The molecule has 15 heavy (non-hydrogen) atoms. The maximum absolute atomic E-state index is 6.24. The predicted octanol–water partition coefficient (Wildman–Crippen LogP) is 3.29. The molecule has 1 nitrogen and oxygen atoms in total. The quantitative estimate of drug-likeness (QED) is 0.780. The summed E-state index contributed by atoms with van der Waals surface area (Å²) in [6.07, 6.45) is 7.90. The van der Waals surface area contributed by atoms with Gasteiger partial charge < -0.3 is 5.73 Å². The first-order chi connectivity index (χ1) is 7.28. The summed E-state index contributed by atoms with van der Waals surface area (Å²) in [5.41, 5.74) is 9.17. The molecule has 0 aromatic heterocycles. The van der Waals surface area contributed by atoms with Gasteiger partial charge in [0.25, 0.3) is 0 Å². The van der Waals surface area contributed by atoms with Gasteiger partial charge >= 0.3 is 0 Å². The number of benzene rings is 1. The van der Waals surface area contributed by atoms with Gasteiger partial charge in [0.15, 0.2) is 0 Å². The first-order valence-corrected chi connectivity index (χ1v) is 6.17. The molecular formula is C14H19N. The lowest BCUT2D eigenvalue weighted by Gasteiger charge is -2.14. The van der Waals surface area contributed by atoms with E-state index in [2.05, 4.69) is 24.3 Å². The van der Waals surface area contributed by atoms with Crippen molar-refractivity contribution >= 4 is 0 Å². The Labute approximate surface area is 91.7 Å². The molecule has 2 saturated carbocycles. The van der Waals surface area contributed by atoms with E-state index < -0.39 is 0 Å². The summed E-state index contributed by atoms with van der Waals surface area (Å²) < 4.78 is 0. The summed E-state index contributed by atoms with van der Waals surface area (Å²) >= 11 is 0. The van der Waals surface area contributed by atoms with Gasteiger partial charge in [-0.1, -0.05) is 37.1 Å². The topological polar surface area (TPSA) is 26.0 Å². The number of nitrogens with two attached hydrogens (primary N) is 1. The molecule has 0 aliphatic heterocycles. The molecular weight excluding hydrogens is 182 g/mol. The average molecular weight is 201 g/mol. The van der Waals surface area contributed by atoms with Crippen LogP contribution in [0.15, 0.2) is 24.3 Å². The summed E-state index contributed by atoms with van der Waals surface area (Å²) in [5.74, 6) is 0.812. The van der Waals surface area contributed by atoms with E-state index in [-0.39, 0.29) is 5.54 Å². The minimum atomic E-state index is 0.0363. The normalized spacial score (nSPS) is 24.3. The molecule has 1 aromatic rings. The van der Waals surface area contributed by atoms with E-state index in [1.54, 1.807) is 0 Å². The lowest BCUT2D eigenvalue weighted by atomic mass is 9.93. The molecule has 3 rings (SSSR count). The zero-order chi connectivity index (χ0) is 10.3. The zero-order valence-corrected chi connectivity index (χ0v) is 9.21. The van der Waals surface area contributed by atoms with Crippen LogP contribution in [0.5, 0.6) is 0 Å². The predicted molar refractivity (Wildman–Crippen MR) is 62.8 cm³/mol. The van der Waals surface area contributed by atoms with Crippen LogP contribution in [0.4, 0.5) is 0 Å². The Hall–Kier alpha value is -0.820. The highest BCUT2D eigenvalue weighted by molar-refractivity contribution is 5.34. The molecule has 1 heteroatoms. The Kier molecular flexibility index (Phi) is 2.10. The van der Waals surface area contributed by atoms with Crippen LogP contribution in [-0.4, -0.2) is 0 Å². The van der Waals surface area contributed by atoms with Crippen LogP contribution in [-0.2, 0) is 5.54 Å². The van der Waals surface area contributed by atoms with Crippen LogP contribution in [0.25, 0.3) is 0 Å². The summed E-state index contributed by atoms with van der Waals surface area (Å²) in [4.78, 5) is 0. The molecule has 0 atom stereocenters. The molecule has 1 aromatic carbocycles. The van der Waals surface area contributed by atoms with Crippen LogP contribution in [0.2, 0.25) is 0 Å². The standard InChI is InChI=1S/C14H19N/c15-14(8-9-14)13-7-3-6-12(10-13)11-4-1-2-5-11/h3,6-7,10-11H,1-2,4-5,8-9,15H2. The third-order valence-corrected chi connectivity index (χ3v) is 4.08. The van der Waals surface area contributed by atoms with Gasteiger partial charge in [0, 0.05) is 5.54 Å². The summed E-state index contributed by atoms with van der Waals surface area (Å²) in [6, 6.07) is 9.04. The minimum absolute atomic E-state index is 0.0363. The minimum Gasteiger partial charge on any atom is -0.321 e. The van der Waals surface area contributed by atoms with Gasteiger partial charge in [0.05, 0.1) is 0 Å². The lowest BCUT2D eigenvalue weighted by molar-refractivity contribution is 0.705. The highest BCUT2D eigenvalue weighted by atomic mass is 14.8. The molecule has 0 spiro atoms. The highest BCUT2D eigenvalue weighted by Gasteiger charge is 2.40. The second kappa shape index (κ2) is 3.34. The van der Waals surface area contributed by atoms with Crippen molar-refractivity contribution < 1.29 is 0 Å². The fourth-order valence-electron chi connectivity index (χ4n) is 2.78. The van der Waals surface area contributed by atoms with Crippen LogP contribution in [0, 0.1) is 0 Å². The molecule has 0 bridgehead atoms. The van der Waals surface area contributed by atoms with Crippen molar-refractivity contribution in [3.05, 3.63) is 35.4 Å². The Morgan fingerprint density at radius 1 is 1.13 bits per heavy atom. The van der Waals surface area contributed by atoms with Crippen LogP contribution < -0.4 is 5.73 Å². The van der Waals surface area contributed by atoms with Gasteiger partial charge in [-0.2, -0.15) is 0 Å². The molecule has 2 fully saturated rings. The fourth-order valence-corrected chi connectivity index (χ4v) is 2.78. The average Bonchev–Trinajstić information content (AvgIpc) is 2.84. The van der Waals surface area contributed by atoms with Gasteiger partial charge in [-0.05, 0) is 42.7 Å². The Morgan fingerprint density at radius 2 is 1.87 bits per heavy atom. The molecule has 2 aliphatic rings. The largest absolute Gasteiger partial charge is 0.321 e. The smallest absolute Gasteiger partial charge is 0.0411 e. The maximum atomic E-state index is 6.24. The Balaban J connectivity index is 1.89. The van der Waals surface area contributed by atoms with Crippen molar-refractivity contribution in [1.29, 1.82) is 0 Å². The molecule has 0 saturated heterocycles. The van der Waals surface area contributed by atoms with E-state index in [1.807, 2.05) is 0 Å². The van der Waals surface area contributed by atoms with E-state index in [0.29, 0.717) is 0 Å². The Morgan fingerprint density at radius 3 is 2.53 bits per heavy atom. The van der Waals surface area contributed by atoms with E-state index in [0.717, 1.165) is 5.92 Å². The third-order valence-electron chi connectivity index (χ3n) is 4.08. The van der Waals surface area contributed by atoms with Crippen molar-refractivity contribution in [2.75, 3.05) is 0 Å². The summed E-state index contributed by atoms with van der Waals surface area (Å²) in [5, 5.41) is 0. The van der Waals surface area contributed by atoms with Crippen molar-refractivity contribution in [3.8, 4) is 0 Å². The molecule has 80 valence electrons. The third kappa shape index (κ3) is 1.69. The van der Waals surface area contributed by atoms with E-state index in [9.17, 15) is 0 Å². The van der Waals surface area contributed by atoms with Gasteiger partial charge in [-0.3, -0.25) is 0 Å². The molecule has 0 unspecified atom stereocenters. The number of hydrogen-bond donors (Lipinski definition) is 1. The zero-order valence-electron chi connectivity index (χ0n) is 9.21. The lowest BCUT2D eigenvalue weighted by Crippen LogP contribution is -2.18. The van der Waals surface area contributed by atoms with Crippen LogP contribution in [0.1, 0.15) is 55.6 Å². The monoisotopic (exact) mass is 201 g/mol.